The number of hydrogen-bond donors (Lipinski definition) is 0. The Hall–Kier alpha value is -0.560. The Morgan fingerprint density at radius 3 is 2.52 bits per heavy atom. The highest BCUT2D eigenvalue weighted by atomic mass is 15.3. The van der Waals surface area contributed by atoms with Gasteiger partial charge in [0.25, 0.3) is 0 Å². The standard InChI is InChI=1S/C22H36N/c1-21-14-7-6-8-16(21)9-10-17-18-11-12-20(23(3,4)5)22(18,2)15-13-19(17)21/h6,8-9,17-20H,7,10-15H2,1-5H3/q+1/t17?,18?,19?,20-,21-,22-/m0/s1. The number of allylic oxidation sites excluding steroid dienone is 4. The molecule has 0 N–H and O–H groups in total. The molecule has 1 nitrogen and oxygen atoms in total. The molecule has 4 aliphatic rings. The van der Waals surface area contributed by atoms with Gasteiger partial charge in [-0.15, -0.1) is 0 Å². The Bertz CT molecular complexity index is 551. The minimum absolute atomic E-state index is 0.480. The van der Waals surface area contributed by atoms with Gasteiger partial charge in [-0.25, -0.2) is 0 Å². The maximum absolute atomic E-state index is 2.65. The van der Waals surface area contributed by atoms with E-state index in [2.05, 4.69) is 53.2 Å². The number of quaternary nitrogens is 1. The van der Waals surface area contributed by atoms with Gasteiger partial charge in [0.1, 0.15) is 0 Å². The first-order valence-electron chi connectivity index (χ1n) is 9.95. The summed E-state index contributed by atoms with van der Waals surface area (Å²) in [6.07, 6.45) is 17.4. The Labute approximate surface area is 143 Å². The summed E-state index contributed by atoms with van der Waals surface area (Å²) >= 11 is 0. The molecule has 1 heteroatoms. The van der Waals surface area contributed by atoms with Crippen LogP contribution in [0.1, 0.15) is 58.8 Å². The Morgan fingerprint density at radius 1 is 1.00 bits per heavy atom. The zero-order valence-corrected chi connectivity index (χ0v) is 15.9. The summed E-state index contributed by atoms with van der Waals surface area (Å²) in [7, 11) is 7.28. The number of hydrogen-bond acceptors (Lipinski definition) is 0. The van der Waals surface area contributed by atoms with Gasteiger partial charge in [-0.1, -0.05) is 32.1 Å². The molecular weight excluding hydrogens is 278 g/mol. The topological polar surface area (TPSA) is 0 Å². The Balaban J connectivity index is 1.68. The van der Waals surface area contributed by atoms with Crippen LogP contribution in [0.25, 0.3) is 0 Å². The lowest BCUT2D eigenvalue weighted by atomic mass is 9.48. The molecule has 4 aliphatic carbocycles. The average Bonchev–Trinajstić information content (AvgIpc) is 2.84. The largest absolute Gasteiger partial charge is 0.328 e. The molecule has 0 aromatic heterocycles. The number of nitrogens with zero attached hydrogens (tertiary/aromatic N) is 1. The highest BCUT2D eigenvalue weighted by Crippen LogP contribution is 2.65. The van der Waals surface area contributed by atoms with E-state index in [1.165, 1.54) is 44.9 Å². The fraction of sp³-hybridized carbons (Fsp3) is 0.818. The molecule has 6 atom stereocenters. The maximum atomic E-state index is 2.65. The van der Waals surface area contributed by atoms with Gasteiger partial charge in [0.2, 0.25) is 0 Å². The molecule has 2 saturated carbocycles. The molecule has 128 valence electrons. The predicted molar refractivity (Wildman–Crippen MR) is 98.0 cm³/mol. The van der Waals surface area contributed by atoms with Gasteiger partial charge < -0.3 is 4.48 Å². The third-order valence-electron chi connectivity index (χ3n) is 8.54. The molecule has 4 rings (SSSR count). The third-order valence-corrected chi connectivity index (χ3v) is 8.54. The molecule has 3 unspecified atom stereocenters. The molecule has 0 saturated heterocycles. The summed E-state index contributed by atoms with van der Waals surface area (Å²) in [5.41, 5.74) is 2.73. The summed E-state index contributed by atoms with van der Waals surface area (Å²) in [6.45, 7) is 5.24. The van der Waals surface area contributed by atoms with Crippen LogP contribution in [0.3, 0.4) is 0 Å². The second kappa shape index (κ2) is 4.97. The molecule has 0 aliphatic heterocycles. The summed E-state index contributed by atoms with van der Waals surface area (Å²) in [6, 6.07) is 0.859. The summed E-state index contributed by atoms with van der Waals surface area (Å²) in [5, 5.41) is 0. The molecule has 23 heavy (non-hydrogen) atoms. The lowest BCUT2D eigenvalue weighted by Gasteiger charge is -2.57. The van der Waals surface area contributed by atoms with Gasteiger partial charge in [-0.2, -0.15) is 0 Å². The van der Waals surface area contributed by atoms with E-state index < -0.39 is 0 Å². The van der Waals surface area contributed by atoms with Crippen LogP contribution in [-0.4, -0.2) is 31.7 Å². The van der Waals surface area contributed by atoms with E-state index in [0.717, 1.165) is 28.3 Å². The average molecular weight is 315 g/mol. The first kappa shape index (κ1) is 15.9. The van der Waals surface area contributed by atoms with E-state index in [1.54, 1.807) is 5.57 Å². The van der Waals surface area contributed by atoms with Crippen LogP contribution >= 0.6 is 0 Å². The van der Waals surface area contributed by atoms with E-state index in [1.807, 2.05) is 0 Å². The van der Waals surface area contributed by atoms with Gasteiger partial charge in [-0.3, -0.25) is 0 Å². The normalized spacial score (nSPS) is 49.2. The van der Waals surface area contributed by atoms with Crippen molar-refractivity contribution in [3.63, 3.8) is 0 Å². The van der Waals surface area contributed by atoms with Crippen molar-refractivity contribution in [1.29, 1.82) is 0 Å². The monoisotopic (exact) mass is 314 g/mol. The maximum Gasteiger partial charge on any atom is 0.0941 e. The zero-order chi connectivity index (χ0) is 16.5. The van der Waals surface area contributed by atoms with Crippen molar-refractivity contribution >= 4 is 0 Å². The van der Waals surface area contributed by atoms with Gasteiger partial charge in [0, 0.05) is 11.8 Å². The van der Waals surface area contributed by atoms with Crippen molar-refractivity contribution in [1.82, 2.24) is 0 Å². The van der Waals surface area contributed by atoms with Crippen molar-refractivity contribution in [3.8, 4) is 0 Å². The molecule has 0 heterocycles. The van der Waals surface area contributed by atoms with Crippen molar-refractivity contribution in [2.75, 3.05) is 21.1 Å². The summed E-state index contributed by atoms with van der Waals surface area (Å²) < 4.78 is 1.16. The van der Waals surface area contributed by atoms with Crippen LogP contribution < -0.4 is 0 Å². The van der Waals surface area contributed by atoms with Crippen LogP contribution in [-0.2, 0) is 0 Å². The van der Waals surface area contributed by atoms with Gasteiger partial charge in [-0.05, 0) is 67.3 Å². The molecule has 0 bridgehead atoms. The highest BCUT2D eigenvalue weighted by molar-refractivity contribution is 5.34. The van der Waals surface area contributed by atoms with Crippen LogP contribution in [0.4, 0.5) is 0 Å². The van der Waals surface area contributed by atoms with E-state index in [9.17, 15) is 0 Å². The van der Waals surface area contributed by atoms with Gasteiger partial charge >= 0.3 is 0 Å². The van der Waals surface area contributed by atoms with Crippen molar-refractivity contribution in [3.05, 3.63) is 23.8 Å². The van der Waals surface area contributed by atoms with Crippen LogP contribution in [0.5, 0.6) is 0 Å². The van der Waals surface area contributed by atoms with Crippen molar-refractivity contribution < 1.29 is 4.48 Å². The van der Waals surface area contributed by atoms with E-state index in [4.69, 9.17) is 0 Å². The number of fused-ring (bicyclic) bond motifs is 5. The minimum Gasteiger partial charge on any atom is -0.328 e. The Morgan fingerprint density at radius 2 is 1.78 bits per heavy atom. The first-order valence-corrected chi connectivity index (χ1v) is 9.95. The van der Waals surface area contributed by atoms with E-state index in [0.29, 0.717) is 10.8 Å². The van der Waals surface area contributed by atoms with Crippen LogP contribution in [0, 0.1) is 28.6 Å². The minimum atomic E-state index is 0.480. The summed E-state index contributed by atoms with van der Waals surface area (Å²) in [5.74, 6) is 2.85. The lowest BCUT2D eigenvalue weighted by Crippen LogP contribution is -2.56. The van der Waals surface area contributed by atoms with Crippen molar-refractivity contribution in [2.45, 2.75) is 64.8 Å². The van der Waals surface area contributed by atoms with Crippen LogP contribution in [0.2, 0.25) is 0 Å². The second-order valence-electron chi connectivity index (χ2n) is 10.4. The molecular formula is C22H36N+. The highest BCUT2D eigenvalue weighted by Gasteiger charge is 2.60. The lowest BCUT2D eigenvalue weighted by molar-refractivity contribution is -0.903. The van der Waals surface area contributed by atoms with Crippen molar-refractivity contribution in [2.24, 2.45) is 28.6 Å². The summed E-state index contributed by atoms with van der Waals surface area (Å²) in [4.78, 5) is 0. The van der Waals surface area contributed by atoms with E-state index >= 15 is 0 Å². The van der Waals surface area contributed by atoms with Crippen LogP contribution in [0.15, 0.2) is 23.8 Å². The number of rotatable bonds is 1. The fourth-order valence-electron chi connectivity index (χ4n) is 7.54. The molecule has 0 aromatic carbocycles. The molecule has 0 spiro atoms. The second-order valence-corrected chi connectivity index (χ2v) is 10.4. The molecule has 0 radical (unpaired) electrons. The Kier molecular flexibility index (Phi) is 3.45. The molecule has 0 aromatic rings. The smallest absolute Gasteiger partial charge is 0.0941 e. The van der Waals surface area contributed by atoms with E-state index in [-0.39, 0.29) is 0 Å². The third kappa shape index (κ3) is 2.15. The zero-order valence-electron chi connectivity index (χ0n) is 15.9. The molecule has 0 amide bonds. The van der Waals surface area contributed by atoms with Gasteiger partial charge in [0.05, 0.1) is 27.2 Å². The fourth-order valence-corrected chi connectivity index (χ4v) is 7.54. The quantitative estimate of drug-likeness (QED) is 0.584. The predicted octanol–water partition coefficient (Wildman–Crippen LogP) is 5.19. The first-order chi connectivity index (χ1) is 10.8. The van der Waals surface area contributed by atoms with Gasteiger partial charge in [0.15, 0.2) is 0 Å². The molecule has 2 fully saturated rings. The SMILES string of the molecule is C[C@]12CCC=CC1=CCC1C2CC[C@@]2(C)C1CC[C@@H]2[N+](C)(C)C.